The van der Waals surface area contributed by atoms with Crippen LogP contribution in [0.1, 0.15) is 81.1 Å². The molecule has 0 saturated carbocycles. The summed E-state index contributed by atoms with van der Waals surface area (Å²) in [7, 11) is 1.88. The van der Waals surface area contributed by atoms with Crippen LogP contribution in [0.5, 0.6) is 0 Å². The van der Waals surface area contributed by atoms with Gasteiger partial charge in [-0.25, -0.2) is 14.3 Å². The highest BCUT2D eigenvalue weighted by Crippen LogP contribution is 2.42. The van der Waals surface area contributed by atoms with Crippen molar-refractivity contribution in [3.8, 4) is 12.3 Å². The van der Waals surface area contributed by atoms with Gasteiger partial charge in [0, 0.05) is 44.1 Å². The fourth-order valence-electron chi connectivity index (χ4n) is 7.62. The van der Waals surface area contributed by atoms with Gasteiger partial charge < -0.3 is 28.4 Å². The van der Waals surface area contributed by atoms with E-state index in [2.05, 4.69) is 10.9 Å². The average Bonchev–Trinajstić information content (AvgIpc) is 3.78. The van der Waals surface area contributed by atoms with Gasteiger partial charge in [0.05, 0.1) is 30.5 Å². The highest BCUT2D eigenvalue weighted by Gasteiger charge is 2.54. The van der Waals surface area contributed by atoms with E-state index >= 15 is 0 Å². The molecule has 52 heavy (non-hydrogen) atoms. The van der Waals surface area contributed by atoms with Crippen molar-refractivity contribution in [2.75, 3.05) is 20.2 Å². The molecule has 14 heteroatoms. The Morgan fingerprint density at radius 1 is 1.19 bits per heavy atom. The Labute approximate surface area is 305 Å². The van der Waals surface area contributed by atoms with Gasteiger partial charge in [0.15, 0.2) is 29.6 Å². The number of Topliss-reactive ketones (excluding diaryl/α,β-unsaturated/α-hetero) is 2. The summed E-state index contributed by atoms with van der Waals surface area (Å²) >= 11 is 0. The Morgan fingerprint density at radius 2 is 1.90 bits per heavy atom. The first-order valence-electron chi connectivity index (χ1n) is 17.9. The van der Waals surface area contributed by atoms with Gasteiger partial charge in [0.2, 0.25) is 0 Å². The van der Waals surface area contributed by atoms with Crippen LogP contribution in [0, 0.1) is 30.1 Å². The first-order valence-corrected chi connectivity index (χ1v) is 17.9. The Bertz CT molecular complexity index is 1550. The van der Waals surface area contributed by atoms with Gasteiger partial charge >= 0.3 is 18.0 Å². The summed E-state index contributed by atoms with van der Waals surface area (Å²) in [5, 5.41) is 0. The number of imidazole rings is 1. The highest BCUT2D eigenvalue weighted by atomic mass is 16.7. The fraction of sp³-hybridized carbons (Fsp3) is 0.684. The number of carbonyl (C=O) groups excluding carboxylic acids is 5. The number of cyclic esters (lactones) is 1. The Kier molecular flexibility index (Phi) is 13.2. The number of carbonyl (C=O) groups is 5. The zero-order valence-electron chi connectivity index (χ0n) is 31.7. The quantitative estimate of drug-likeness (QED) is 0.164. The number of likely N-dealkylation sites (N-methyl/N-ethyl adjacent to an activating group) is 1. The number of fused-ring (bicyclic) bond motifs is 2. The van der Waals surface area contributed by atoms with Crippen LogP contribution in [0.15, 0.2) is 30.4 Å². The number of esters is 2. The number of ether oxygens (including phenoxy) is 6. The van der Waals surface area contributed by atoms with Crippen LogP contribution in [0.3, 0.4) is 0 Å². The van der Waals surface area contributed by atoms with Crippen LogP contribution in [0.25, 0.3) is 0 Å². The molecule has 3 aliphatic heterocycles. The first kappa shape index (κ1) is 40.9. The normalized spacial score (nSPS) is 37.0. The maximum Gasteiger partial charge on any atom is 0.420 e. The zero-order valence-corrected chi connectivity index (χ0v) is 31.7. The second kappa shape index (κ2) is 16.8. The summed E-state index contributed by atoms with van der Waals surface area (Å²) in [6, 6.07) is -0.327. The number of nitrogens with zero attached hydrogens (tertiary/aromatic N) is 3. The molecule has 0 aliphatic carbocycles. The van der Waals surface area contributed by atoms with Crippen LogP contribution < -0.4 is 0 Å². The number of terminal acetylenes is 1. The molecule has 4 rings (SSSR count). The third-order valence-electron chi connectivity index (χ3n) is 10.4. The standard InChI is InChI=1S/C38H53N3O11/c1-11-13-15-40(10)28-17-23(4)48-35(32(28)49-26(7)42)51-33-24(5)31(44)25(6)34(45)50-29(12-2)37(8,52-36(46)41-16-14-39-21-41)18-22(3)30(43)27-19-38(33,9)47-20-27/h1,14,16,18,21,23-25,27-29,32-33,35H,12-13,15,17,19-20H2,2-10H3/b22-18+/t23-,24+,25-,27+,28+,29-,32-,33-,35+,37+,38-/m1/s1. The summed E-state index contributed by atoms with van der Waals surface area (Å²) in [6.07, 6.45) is 7.22. The molecule has 11 atom stereocenters. The topological polar surface area (TPSA) is 162 Å². The van der Waals surface area contributed by atoms with E-state index in [9.17, 15) is 24.0 Å². The molecule has 14 nitrogen and oxygen atoms in total. The lowest BCUT2D eigenvalue weighted by atomic mass is 9.78. The smallest absolute Gasteiger partial charge is 0.420 e. The lowest BCUT2D eigenvalue weighted by Crippen LogP contribution is -2.60. The Balaban J connectivity index is 1.75. The van der Waals surface area contributed by atoms with Crippen LogP contribution in [-0.4, -0.2) is 112 Å². The summed E-state index contributed by atoms with van der Waals surface area (Å²) in [6.45, 7) is 13.5. The zero-order chi connectivity index (χ0) is 38.5. The number of rotatable bonds is 8. The molecule has 0 amide bonds. The van der Waals surface area contributed by atoms with E-state index in [1.165, 1.54) is 38.6 Å². The molecule has 2 fully saturated rings. The Hall–Kier alpha value is -3.90. The number of hydrogen-bond donors (Lipinski definition) is 0. The number of ketones is 2. The molecule has 3 aliphatic rings. The number of allylic oxidation sites excluding steroid dienone is 1. The molecule has 1 aromatic rings. The predicted octanol–water partition coefficient (Wildman–Crippen LogP) is 3.89. The first-order chi connectivity index (χ1) is 24.4. The van der Waals surface area contributed by atoms with Crippen LogP contribution in [-0.2, 0) is 47.6 Å². The van der Waals surface area contributed by atoms with Crippen molar-refractivity contribution >= 4 is 29.6 Å². The molecule has 2 saturated heterocycles. The van der Waals surface area contributed by atoms with Gasteiger partial charge in [0.1, 0.15) is 18.3 Å². The van der Waals surface area contributed by atoms with Crippen molar-refractivity contribution in [1.29, 1.82) is 0 Å². The van der Waals surface area contributed by atoms with Crippen LogP contribution in [0.2, 0.25) is 0 Å². The van der Waals surface area contributed by atoms with E-state index < -0.39 is 77.4 Å². The molecule has 1 aromatic heterocycles. The molecule has 0 unspecified atom stereocenters. The molecule has 286 valence electrons. The van der Waals surface area contributed by atoms with Crippen LogP contribution in [0.4, 0.5) is 4.79 Å². The SMILES string of the molecule is C#CCCN(C)[C@H]1C[C@@H](C)O[C@@H](O[C@@H]2[C@@H](C)C(=O)[C@@H](C)C(=O)O[C@H](CC)[C@@](C)(OC(=O)n3ccnc3)/C=C(\C)C(=O)[C@@H]3CO[C@]2(C)C3)[C@@H]1OC(C)=O. The maximum atomic E-state index is 14.3. The third-order valence-corrected chi connectivity index (χ3v) is 10.4. The van der Waals surface area contributed by atoms with E-state index in [1.807, 2.05) is 18.9 Å². The van der Waals surface area contributed by atoms with Crippen molar-refractivity contribution in [3.63, 3.8) is 0 Å². The van der Waals surface area contributed by atoms with E-state index in [4.69, 9.17) is 34.8 Å². The minimum absolute atomic E-state index is 0.0156. The summed E-state index contributed by atoms with van der Waals surface area (Å²) in [5.74, 6) is -2.41. The van der Waals surface area contributed by atoms with Crippen molar-refractivity contribution in [3.05, 3.63) is 30.4 Å². The van der Waals surface area contributed by atoms with E-state index in [-0.39, 0.29) is 43.0 Å². The largest absolute Gasteiger partial charge is 0.457 e. The van der Waals surface area contributed by atoms with E-state index in [0.717, 1.165) is 4.57 Å². The van der Waals surface area contributed by atoms with Crippen molar-refractivity contribution < 1.29 is 52.4 Å². The van der Waals surface area contributed by atoms with Gasteiger partial charge in [-0.2, -0.15) is 0 Å². The molecule has 0 aromatic carbocycles. The molecule has 0 N–H and O–H groups in total. The third kappa shape index (κ3) is 9.00. The monoisotopic (exact) mass is 727 g/mol. The molecule has 0 spiro atoms. The van der Waals surface area contributed by atoms with Gasteiger partial charge in [-0.05, 0) is 72.6 Å². The van der Waals surface area contributed by atoms with Gasteiger partial charge in [-0.1, -0.05) is 13.8 Å². The molecule has 0 radical (unpaired) electrons. The minimum Gasteiger partial charge on any atom is -0.457 e. The summed E-state index contributed by atoms with van der Waals surface area (Å²) < 4.78 is 38.2. The van der Waals surface area contributed by atoms with Gasteiger partial charge in [0.25, 0.3) is 0 Å². The average molecular weight is 728 g/mol. The van der Waals surface area contributed by atoms with Crippen LogP contribution >= 0.6 is 0 Å². The number of hydrogen-bond acceptors (Lipinski definition) is 13. The second-order valence-electron chi connectivity index (χ2n) is 14.7. The molecule has 4 heterocycles. The van der Waals surface area contributed by atoms with Crippen molar-refractivity contribution in [2.24, 2.45) is 17.8 Å². The van der Waals surface area contributed by atoms with Gasteiger partial charge in [-0.15, -0.1) is 12.3 Å². The van der Waals surface area contributed by atoms with Crippen molar-refractivity contribution in [2.45, 2.75) is 129 Å². The maximum absolute atomic E-state index is 14.3. The fourth-order valence-corrected chi connectivity index (χ4v) is 7.62. The Morgan fingerprint density at radius 3 is 2.52 bits per heavy atom. The van der Waals surface area contributed by atoms with E-state index in [1.54, 1.807) is 34.6 Å². The summed E-state index contributed by atoms with van der Waals surface area (Å²) in [4.78, 5) is 73.5. The lowest BCUT2D eigenvalue weighted by molar-refractivity contribution is -0.295. The molecule has 2 bridgehead atoms. The van der Waals surface area contributed by atoms with Gasteiger partial charge in [-0.3, -0.25) is 24.1 Å². The highest BCUT2D eigenvalue weighted by molar-refractivity contribution is 6.00. The van der Waals surface area contributed by atoms with Crippen molar-refractivity contribution in [1.82, 2.24) is 14.5 Å². The van der Waals surface area contributed by atoms with E-state index in [0.29, 0.717) is 19.4 Å². The second-order valence-corrected chi connectivity index (χ2v) is 14.7. The minimum atomic E-state index is -1.59. The predicted molar refractivity (Wildman–Crippen MR) is 186 cm³/mol. The summed E-state index contributed by atoms with van der Waals surface area (Å²) in [5.41, 5.74) is -2.54. The molecular weight excluding hydrogens is 674 g/mol. The lowest BCUT2D eigenvalue weighted by Gasteiger charge is -2.47. The molecular formula is C38H53N3O11. The number of aromatic nitrogens is 2.